The summed E-state index contributed by atoms with van der Waals surface area (Å²) in [5.41, 5.74) is 15.7. The second-order valence-electron chi connectivity index (χ2n) is 9.99. The summed E-state index contributed by atoms with van der Waals surface area (Å²) < 4.78 is 19.1. The van der Waals surface area contributed by atoms with Gasteiger partial charge in [-0.2, -0.15) is 10.1 Å². The first-order chi connectivity index (χ1) is 19.5. The van der Waals surface area contributed by atoms with E-state index in [0.29, 0.717) is 35.4 Å². The van der Waals surface area contributed by atoms with Gasteiger partial charge < -0.3 is 36.3 Å². The molecule has 1 aliphatic heterocycles. The van der Waals surface area contributed by atoms with Crippen LogP contribution in [0.5, 0.6) is 17.2 Å². The fourth-order valence-corrected chi connectivity index (χ4v) is 4.85. The summed E-state index contributed by atoms with van der Waals surface area (Å²) in [5.74, 6) is 2.86. The summed E-state index contributed by atoms with van der Waals surface area (Å²) in [7, 11) is 1.64. The summed E-state index contributed by atoms with van der Waals surface area (Å²) in [6.45, 7) is 5.01. The molecule has 1 fully saturated rings. The molecule has 2 aromatic carbocycles. The van der Waals surface area contributed by atoms with Gasteiger partial charge in [-0.05, 0) is 49.1 Å². The van der Waals surface area contributed by atoms with E-state index in [0.717, 1.165) is 62.3 Å². The van der Waals surface area contributed by atoms with Crippen LogP contribution in [0, 0.1) is 0 Å². The van der Waals surface area contributed by atoms with Crippen LogP contribution in [-0.2, 0) is 17.8 Å². The van der Waals surface area contributed by atoms with Crippen molar-refractivity contribution in [3.05, 3.63) is 59.8 Å². The maximum atomic E-state index is 6.23. The number of nitrogens with one attached hydrogen (secondary N) is 2. The molecule has 0 radical (unpaired) electrons. The van der Waals surface area contributed by atoms with Crippen molar-refractivity contribution < 1.29 is 14.2 Å². The SMILES string of the molecule is CCCC(N)Nc1nc(N)nc2cnn(Cc3ccc(Oc4ccc(CNC5CCOCC5)cc4)cc3OC)c12. The number of methoxy groups -OCH3 is 1. The quantitative estimate of drug-likeness (QED) is 0.192. The van der Waals surface area contributed by atoms with Gasteiger partial charge in [0.1, 0.15) is 28.3 Å². The molecule has 6 N–H and O–H groups in total. The number of nitrogen functional groups attached to an aromatic ring is 1. The average Bonchev–Trinajstić information content (AvgIpc) is 3.36. The van der Waals surface area contributed by atoms with Crippen LogP contribution in [0.15, 0.2) is 48.7 Å². The molecule has 11 heteroatoms. The van der Waals surface area contributed by atoms with E-state index in [4.69, 9.17) is 25.7 Å². The highest BCUT2D eigenvalue weighted by molar-refractivity contribution is 5.86. The fourth-order valence-electron chi connectivity index (χ4n) is 4.85. The number of aromatic nitrogens is 4. The van der Waals surface area contributed by atoms with E-state index in [1.165, 1.54) is 5.56 Å². The smallest absolute Gasteiger partial charge is 0.222 e. The third-order valence-electron chi connectivity index (χ3n) is 6.98. The number of nitrogens with zero attached hydrogens (tertiary/aromatic N) is 4. The largest absolute Gasteiger partial charge is 0.496 e. The van der Waals surface area contributed by atoms with E-state index in [1.807, 2.05) is 35.0 Å². The van der Waals surface area contributed by atoms with Gasteiger partial charge in [-0.15, -0.1) is 0 Å². The zero-order valence-electron chi connectivity index (χ0n) is 23.1. The van der Waals surface area contributed by atoms with Gasteiger partial charge in [-0.3, -0.25) is 4.68 Å². The van der Waals surface area contributed by atoms with Gasteiger partial charge >= 0.3 is 0 Å². The molecule has 1 saturated heterocycles. The summed E-state index contributed by atoms with van der Waals surface area (Å²) in [4.78, 5) is 8.74. The zero-order chi connectivity index (χ0) is 27.9. The van der Waals surface area contributed by atoms with Crippen molar-refractivity contribution in [2.24, 2.45) is 5.73 Å². The second kappa shape index (κ2) is 12.9. The van der Waals surface area contributed by atoms with Gasteiger partial charge in [0.15, 0.2) is 5.82 Å². The van der Waals surface area contributed by atoms with Crippen molar-refractivity contribution in [2.45, 2.75) is 57.9 Å². The molecule has 0 saturated carbocycles. The van der Waals surface area contributed by atoms with Crippen LogP contribution in [0.4, 0.5) is 11.8 Å². The Kier molecular flexibility index (Phi) is 8.94. The Morgan fingerprint density at radius 3 is 2.62 bits per heavy atom. The number of nitrogens with two attached hydrogens (primary N) is 2. The van der Waals surface area contributed by atoms with Crippen molar-refractivity contribution in [1.29, 1.82) is 0 Å². The van der Waals surface area contributed by atoms with Gasteiger partial charge in [-0.25, -0.2) is 4.98 Å². The molecule has 1 unspecified atom stereocenters. The molecule has 0 bridgehead atoms. The zero-order valence-corrected chi connectivity index (χ0v) is 23.1. The number of rotatable bonds is 12. The lowest BCUT2D eigenvalue weighted by Gasteiger charge is -2.23. The Bertz CT molecular complexity index is 1400. The van der Waals surface area contributed by atoms with Gasteiger partial charge in [0, 0.05) is 37.4 Å². The summed E-state index contributed by atoms with van der Waals surface area (Å²) in [6.07, 6.45) is 5.28. The molecule has 5 rings (SSSR count). The molecule has 0 amide bonds. The van der Waals surface area contributed by atoms with Gasteiger partial charge in [0.25, 0.3) is 0 Å². The fraction of sp³-hybridized carbons (Fsp3) is 0.414. The number of hydrogen-bond acceptors (Lipinski definition) is 10. The topological polar surface area (TPSA) is 147 Å². The van der Waals surface area contributed by atoms with E-state index in [1.54, 1.807) is 13.3 Å². The first kappa shape index (κ1) is 27.6. The predicted octanol–water partition coefficient (Wildman–Crippen LogP) is 4.02. The lowest BCUT2D eigenvalue weighted by molar-refractivity contribution is 0.0776. The van der Waals surface area contributed by atoms with Crippen LogP contribution in [0.25, 0.3) is 11.0 Å². The molecule has 11 nitrogen and oxygen atoms in total. The monoisotopic (exact) mass is 546 g/mol. The van der Waals surface area contributed by atoms with Crippen LogP contribution in [0.1, 0.15) is 43.7 Å². The first-order valence-electron chi connectivity index (χ1n) is 13.8. The minimum atomic E-state index is -0.255. The maximum absolute atomic E-state index is 6.23. The predicted molar refractivity (Wildman–Crippen MR) is 156 cm³/mol. The molecule has 1 aliphatic rings. The summed E-state index contributed by atoms with van der Waals surface area (Å²) >= 11 is 0. The molecule has 0 spiro atoms. The Morgan fingerprint density at radius 1 is 1.10 bits per heavy atom. The second-order valence-corrected chi connectivity index (χ2v) is 9.99. The Morgan fingerprint density at radius 2 is 1.88 bits per heavy atom. The molecule has 212 valence electrons. The first-order valence-corrected chi connectivity index (χ1v) is 13.8. The summed E-state index contributed by atoms with van der Waals surface area (Å²) in [5, 5.41) is 11.4. The van der Waals surface area contributed by atoms with Gasteiger partial charge in [-0.1, -0.05) is 25.5 Å². The van der Waals surface area contributed by atoms with Crippen molar-refractivity contribution >= 4 is 22.8 Å². The minimum absolute atomic E-state index is 0.168. The molecular formula is C29H38N8O3. The normalized spacial score (nSPS) is 14.8. The van der Waals surface area contributed by atoms with Crippen LogP contribution < -0.4 is 31.6 Å². The lowest BCUT2D eigenvalue weighted by Crippen LogP contribution is -2.34. The van der Waals surface area contributed by atoms with E-state index in [9.17, 15) is 0 Å². The number of hydrogen-bond donors (Lipinski definition) is 4. The van der Waals surface area contributed by atoms with Crippen molar-refractivity contribution in [2.75, 3.05) is 31.4 Å². The Balaban J connectivity index is 1.28. The molecule has 4 aromatic rings. The molecule has 2 aromatic heterocycles. The third kappa shape index (κ3) is 6.79. The van der Waals surface area contributed by atoms with E-state index >= 15 is 0 Å². The molecular weight excluding hydrogens is 508 g/mol. The number of ether oxygens (including phenoxy) is 3. The molecule has 3 heterocycles. The molecule has 0 aliphatic carbocycles. The van der Waals surface area contributed by atoms with Gasteiger partial charge in [0.05, 0.1) is 26.0 Å². The van der Waals surface area contributed by atoms with E-state index in [-0.39, 0.29) is 12.1 Å². The van der Waals surface area contributed by atoms with Crippen LogP contribution in [0.2, 0.25) is 0 Å². The highest BCUT2D eigenvalue weighted by Gasteiger charge is 2.17. The summed E-state index contributed by atoms with van der Waals surface area (Å²) in [6, 6.07) is 14.4. The Hall–Kier alpha value is -3.93. The van der Waals surface area contributed by atoms with Crippen molar-refractivity contribution in [3.8, 4) is 17.2 Å². The molecule has 40 heavy (non-hydrogen) atoms. The third-order valence-corrected chi connectivity index (χ3v) is 6.98. The van der Waals surface area contributed by atoms with Crippen LogP contribution >= 0.6 is 0 Å². The number of anilines is 2. The maximum Gasteiger partial charge on any atom is 0.222 e. The lowest BCUT2D eigenvalue weighted by atomic mass is 10.1. The Labute approximate surface area is 234 Å². The highest BCUT2D eigenvalue weighted by atomic mass is 16.5. The van der Waals surface area contributed by atoms with E-state index in [2.05, 4.69) is 44.8 Å². The van der Waals surface area contributed by atoms with Crippen LogP contribution in [0.3, 0.4) is 0 Å². The van der Waals surface area contributed by atoms with Gasteiger partial charge in [0.2, 0.25) is 5.95 Å². The average molecular weight is 547 g/mol. The van der Waals surface area contributed by atoms with E-state index < -0.39 is 0 Å². The highest BCUT2D eigenvalue weighted by Crippen LogP contribution is 2.30. The minimum Gasteiger partial charge on any atom is -0.496 e. The van der Waals surface area contributed by atoms with Crippen LogP contribution in [-0.4, -0.2) is 52.3 Å². The number of fused-ring (bicyclic) bond motifs is 1. The number of benzene rings is 2. The van der Waals surface area contributed by atoms with Crippen molar-refractivity contribution in [1.82, 2.24) is 25.1 Å². The molecule has 1 atom stereocenters. The standard InChI is InChI=1S/C29H38N8O3/c1-3-4-26(30)35-28-27-24(34-29(31)36-28)17-33-37(27)18-20-7-10-23(15-25(20)38-2)40-22-8-5-19(6-9-22)16-32-21-11-13-39-14-12-21/h5-10,15,17,21,26,32H,3-4,11-14,16,18,30H2,1-2H3,(H3,31,34,35,36). The van der Waals surface area contributed by atoms with Crippen molar-refractivity contribution in [3.63, 3.8) is 0 Å².